The third-order valence-electron chi connectivity index (χ3n) is 2.73. The average Bonchev–Trinajstić information content (AvgIpc) is 2.39. The molecule has 0 saturated carbocycles. The summed E-state index contributed by atoms with van der Waals surface area (Å²) in [7, 11) is 0. The molecule has 0 amide bonds. The summed E-state index contributed by atoms with van der Waals surface area (Å²) in [4.78, 5) is 4.50. The molecule has 0 aliphatic heterocycles. The largest absolute Gasteiger partial charge is 0.507 e. The predicted octanol–water partition coefficient (Wildman–Crippen LogP) is 2.87. The highest BCUT2D eigenvalue weighted by atomic mass is 127. The second-order valence-corrected chi connectivity index (χ2v) is 4.44. The normalized spacial score (nSPS) is 10.7. The molecular formula is C15H24IN3O. The van der Waals surface area contributed by atoms with Crippen LogP contribution in [0.1, 0.15) is 23.6 Å². The molecule has 0 atom stereocenters. The Bertz CT molecular complexity index is 449. The van der Waals surface area contributed by atoms with Crippen molar-refractivity contribution < 1.29 is 5.11 Å². The van der Waals surface area contributed by atoms with Gasteiger partial charge in [-0.25, -0.2) is 4.99 Å². The maximum atomic E-state index is 9.74. The Morgan fingerprint density at radius 2 is 1.90 bits per heavy atom. The van der Waals surface area contributed by atoms with E-state index in [1.54, 1.807) is 6.08 Å². The third-order valence-corrected chi connectivity index (χ3v) is 2.73. The fourth-order valence-electron chi connectivity index (χ4n) is 1.82. The summed E-state index contributed by atoms with van der Waals surface area (Å²) in [5.41, 5.74) is 2.85. The lowest BCUT2D eigenvalue weighted by molar-refractivity contribution is 0.466. The molecule has 0 saturated heterocycles. The number of hydrogen-bond acceptors (Lipinski definition) is 2. The van der Waals surface area contributed by atoms with Gasteiger partial charge in [0.1, 0.15) is 5.75 Å². The highest BCUT2D eigenvalue weighted by molar-refractivity contribution is 14.0. The van der Waals surface area contributed by atoms with Gasteiger partial charge in [0.15, 0.2) is 5.96 Å². The topological polar surface area (TPSA) is 56.7 Å². The molecule has 0 unspecified atom stereocenters. The number of rotatable bonds is 5. The molecule has 0 heterocycles. The maximum absolute atomic E-state index is 9.74. The molecule has 112 valence electrons. The third kappa shape index (κ3) is 5.81. The second-order valence-electron chi connectivity index (χ2n) is 4.44. The first-order valence-corrected chi connectivity index (χ1v) is 6.50. The fraction of sp³-hybridized carbons (Fsp3) is 0.400. The molecule has 0 radical (unpaired) electrons. The molecule has 1 rings (SSSR count). The predicted molar refractivity (Wildman–Crippen MR) is 96.0 cm³/mol. The number of halogens is 1. The number of aromatic hydroxyl groups is 1. The van der Waals surface area contributed by atoms with Crippen molar-refractivity contribution in [3.8, 4) is 5.75 Å². The van der Waals surface area contributed by atoms with E-state index in [0.717, 1.165) is 29.2 Å². The number of phenolic OH excluding ortho intramolecular Hbond substituents is 1. The van der Waals surface area contributed by atoms with Crippen molar-refractivity contribution in [3.05, 3.63) is 41.5 Å². The lowest BCUT2D eigenvalue weighted by atomic mass is 10.1. The lowest BCUT2D eigenvalue weighted by Crippen LogP contribution is -2.37. The molecule has 0 aliphatic carbocycles. The second kappa shape index (κ2) is 9.63. The Balaban J connectivity index is 0.00000361. The van der Waals surface area contributed by atoms with E-state index in [2.05, 4.69) is 22.2 Å². The van der Waals surface area contributed by atoms with Gasteiger partial charge in [0, 0.05) is 13.1 Å². The molecule has 0 aromatic heterocycles. The minimum absolute atomic E-state index is 0. The molecule has 3 N–H and O–H groups in total. The minimum Gasteiger partial charge on any atom is -0.507 e. The van der Waals surface area contributed by atoms with E-state index in [0.29, 0.717) is 18.8 Å². The van der Waals surface area contributed by atoms with Crippen LogP contribution in [0.15, 0.2) is 29.8 Å². The van der Waals surface area contributed by atoms with Gasteiger partial charge in [-0.2, -0.15) is 0 Å². The van der Waals surface area contributed by atoms with Gasteiger partial charge in [-0.3, -0.25) is 0 Å². The number of phenols is 1. The summed E-state index contributed by atoms with van der Waals surface area (Å²) in [6.07, 6.45) is 1.79. The van der Waals surface area contributed by atoms with Crippen LogP contribution < -0.4 is 10.6 Å². The highest BCUT2D eigenvalue weighted by Gasteiger charge is 2.03. The zero-order valence-corrected chi connectivity index (χ0v) is 14.7. The van der Waals surface area contributed by atoms with Gasteiger partial charge in [-0.05, 0) is 37.5 Å². The Labute approximate surface area is 138 Å². The molecular weight excluding hydrogens is 365 g/mol. The van der Waals surface area contributed by atoms with Gasteiger partial charge in [0.25, 0.3) is 0 Å². The molecule has 0 aliphatic rings. The zero-order chi connectivity index (χ0) is 14.3. The Morgan fingerprint density at radius 1 is 1.30 bits per heavy atom. The van der Waals surface area contributed by atoms with Gasteiger partial charge < -0.3 is 15.7 Å². The van der Waals surface area contributed by atoms with Crippen LogP contribution in [-0.4, -0.2) is 24.2 Å². The minimum atomic E-state index is 0. The summed E-state index contributed by atoms with van der Waals surface area (Å²) in [6.45, 7) is 11.6. The Morgan fingerprint density at radius 3 is 2.40 bits per heavy atom. The molecule has 20 heavy (non-hydrogen) atoms. The van der Waals surface area contributed by atoms with E-state index >= 15 is 0 Å². The van der Waals surface area contributed by atoms with Gasteiger partial charge >= 0.3 is 0 Å². The van der Waals surface area contributed by atoms with E-state index in [4.69, 9.17) is 0 Å². The molecule has 1 aromatic carbocycles. The van der Waals surface area contributed by atoms with E-state index < -0.39 is 0 Å². The average molecular weight is 389 g/mol. The summed E-state index contributed by atoms with van der Waals surface area (Å²) in [5, 5.41) is 16.1. The van der Waals surface area contributed by atoms with Crippen molar-refractivity contribution in [2.45, 2.75) is 27.3 Å². The molecule has 0 spiro atoms. The van der Waals surface area contributed by atoms with Crippen LogP contribution in [0.5, 0.6) is 5.75 Å². The van der Waals surface area contributed by atoms with Crippen molar-refractivity contribution in [1.82, 2.24) is 10.6 Å². The molecule has 0 bridgehead atoms. The number of guanidine groups is 1. The zero-order valence-electron chi connectivity index (χ0n) is 12.4. The van der Waals surface area contributed by atoms with Gasteiger partial charge in [-0.15, -0.1) is 30.6 Å². The monoisotopic (exact) mass is 389 g/mol. The number of aryl methyl sites for hydroxylation is 2. The Hall–Kier alpha value is -1.24. The number of benzene rings is 1. The fourth-order valence-corrected chi connectivity index (χ4v) is 1.82. The quantitative estimate of drug-likeness (QED) is 0.314. The van der Waals surface area contributed by atoms with Crippen molar-refractivity contribution in [2.24, 2.45) is 4.99 Å². The summed E-state index contributed by atoms with van der Waals surface area (Å²) < 4.78 is 0. The van der Waals surface area contributed by atoms with Crippen LogP contribution >= 0.6 is 24.0 Å². The first kappa shape index (κ1) is 18.8. The summed E-state index contributed by atoms with van der Waals surface area (Å²) in [6, 6.07) is 3.92. The number of nitrogens with one attached hydrogen (secondary N) is 2. The van der Waals surface area contributed by atoms with E-state index in [1.165, 1.54) is 0 Å². The van der Waals surface area contributed by atoms with E-state index in [9.17, 15) is 5.11 Å². The van der Waals surface area contributed by atoms with Gasteiger partial charge in [0.2, 0.25) is 0 Å². The van der Waals surface area contributed by atoms with Crippen molar-refractivity contribution >= 4 is 29.9 Å². The molecule has 0 fully saturated rings. The number of aliphatic imine (C=N–C) groups is 1. The first-order valence-electron chi connectivity index (χ1n) is 6.50. The van der Waals surface area contributed by atoms with Crippen LogP contribution in [-0.2, 0) is 6.54 Å². The van der Waals surface area contributed by atoms with E-state index in [1.807, 2.05) is 32.9 Å². The van der Waals surface area contributed by atoms with Gasteiger partial charge in [-0.1, -0.05) is 18.2 Å². The van der Waals surface area contributed by atoms with E-state index in [-0.39, 0.29) is 24.0 Å². The lowest BCUT2D eigenvalue weighted by Gasteiger charge is -2.10. The van der Waals surface area contributed by atoms with Gasteiger partial charge in [0.05, 0.1) is 6.54 Å². The number of nitrogens with zero attached hydrogens (tertiary/aromatic N) is 1. The molecule has 4 nitrogen and oxygen atoms in total. The van der Waals surface area contributed by atoms with Crippen LogP contribution in [0.25, 0.3) is 0 Å². The smallest absolute Gasteiger partial charge is 0.191 e. The Kier molecular flexibility index (Phi) is 9.03. The standard InChI is InChI=1S/C15H23N3O.HI/c1-5-7-17-15(16-6-2)18-10-13-8-11(3)14(19)12(4)9-13;/h5,8-9,19H,1,6-7,10H2,2-4H3,(H2,16,17,18);1H. The van der Waals surface area contributed by atoms with Crippen molar-refractivity contribution in [2.75, 3.05) is 13.1 Å². The van der Waals surface area contributed by atoms with Crippen LogP contribution in [0.2, 0.25) is 0 Å². The summed E-state index contributed by atoms with van der Waals surface area (Å²) >= 11 is 0. The van der Waals surface area contributed by atoms with Crippen molar-refractivity contribution in [1.29, 1.82) is 0 Å². The SMILES string of the molecule is C=CCNC(=NCc1cc(C)c(O)c(C)c1)NCC.I. The number of hydrogen-bond donors (Lipinski definition) is 3. The highest BCUT2D eigenvalue weighted by Crippen LogP contribution is 2.23. The van der Waals surface area contributed by atoms with Crippen molar-refractivity contribution in [3.63, 3.8) is 0 Å². The van der Waals surface area contributed by atoms with Crippen LogP contribution in [0.4, 0.5) is 0 Å². The molecule has 1 aromatic rings. The van der Waals surface area contributed by atoms with Crippen LogP contribution in [0.3, 0.4) is 0 Å². The maximum Gasteiger partial charge on any atom is 0.191 e. The van der Waals surface area contributed by atoms with Crippen LogP contribution in [0, 0.1) is 13.8 Å². The summed E-state index contributed by atoms with van der Waals surface area (Å²) in [5.74, 6) is 1.13. The molecule has 5 heteroatoms. The first-order chi connectivity index (χ1) is 9.08.